The lowest BCUT2D eigenvalue weighted by Gasteiger charge is -2.05. The van der Waals surface area contributed by atoms with Gasteiger partial charge in [-0.15, -0.1) is 0 Å². The fourth-order valence-electron chi connectivity index (χ4n) is 2.44. The molecule has 0 unspecified atom stereocenters. The average Bonchev–Trinajstić information content (AvgIpc) is 2.69. The number of fused-ring (bicyclic) bond motifs is 1. The predicted molar refractivity (Wildman–Crippen MR) is 74.0 cm³/mol. The second-order valence-electron chi connectivity index (χ2n) is 4.95. The summed E-state index contributed by atoms with van der Waals surface area (Å²) in [7, 11) is 0. The number of hydrogen-bond acceptors (Lipinski definition) is 0. The highest BCUT2D eigenvalue weighted by atomic mass is 14.1. The van der Waals surface area contributed by atoms with Gasteiger partial charge < -0.3 is 0 Å². The first-order valence-electron chi connectivity index (χ1n) is 6.09. The Kier molecular flexibility index (Phi) is 2.36. The molecule has 0 spiro atoms. The Bertz CT molecular complexity index is 586. The van der Waals surface area contributed by atoms with Crippen LogP contribution in [0.25, 0.3) is 17.2 Å². The minimum atomic E-state index is 1.11. The van der Waals surface area contributed by atoms with Crippen molar-refractivity contribution >= 4 is 6.08 Å². The van der Waals surface area contributed by atoms with Crippen LogP contribution in [0.2, 0.25) is 0 Å². The summed E-state index contributed by atoms with van der Waals surface area (Å²) in [6, 6.07) is 15.5. The maximum Gasteiger partial charge on any atom is -0.00604 e. The molecule has 0 heteroatoms. The second-order valence-corrected chi connectivity index (χ2v) is 4.95. The molecule has 3 rings (SSSR count). The number of allylic oxidation sites excluding steroid dienone is 1. The average molecular weight is 220 g/mol. The maximum absolute atomic E-state index is 2.33. The van der Waals surface area contributed by atoms with Gasteiger partial charge in [-0.2, -0.15) is 0 Å². The van der Waals surface area contributed by atoms with Gasteiger partial charge in [0, 0.05) is 0 Å². The molecular weight excluding hydrogens is 204 g/mol. The molecule has 1 aliphatic rings. The van der Waals surface area contributed by atoms with Crippen molar-refractivity contribution in [2.45, 2.75) is 20.3 Å². The molecule has 2 aromatic carbocycles. The Hall–Kier alpha value is -1.82. The Morgan fingerprint density at radius 1 is 0.824 bits per heavy atom. The zero-order valence-corrected chi connectivity index (χ0v) is 10.3. The summed E-state index contributed by atoms with van der Waals surface area (Å²) < 4.78 is 0. The van der Waals surface area contributed by atoms with Gasteiger partial charge in [-0.3, -0.25) is 0 Å². The normalized spacial score (nSPS) is 13.4. The van der Waals surface area contributed by atoms with Crippen LogP contribution in [0, 0.1) is 6.92 Å². The van der Waals surface area contributed by atoms with E-state index < -0.39 is 0 Å². The van der Waals surface area contributed by atoms with E-state index in [-0.39, 0.29) is 0 Å². The van der Waals surface area contributed by atoms with Crippen LogP contribution in [0.3, 0.4) is 0 Å². The van der Waals surface area contributed by atoms with Crippen molar-refractivity contribution in [1.82, 2.24) is 0 Å². The molecule has 0 saturated carbocycles. The summed E-state index contributed by atoms with van der Waals surface area (Å²) in [5.74, 6) is 0. The van der Waals surface area contributed by atoms with Crippen LogP contribution < -0.4 is 0 Å². The van der Waals surface area contributed by atoms with E-state index >= 15 is 0 Å². The lowest BCUT2D eigenvalue weighted by molar-refractivity contribution is 1.20. The van der Waals surface area contributed by atoms with E-state index in [1.54, 1.807) is 0 Å². The van der Waals surface area contributed by atoms with Gasteiger partial charge in [0.2, 0.25) is 0 Å². The third kappa shape index (κ3) is 1.91. The molecule has 17 heavy (non-hydrogen) atoms. The summed E-state index contributed by atoms with van der Waals surface area (Å²) >= 11 is 0. The first-order valence-corrected chi connectivity index (χ1v) is 6.09. The smallest absolute Gasteiger partial charge is 0.00604 e. The summed E-state index contributed by atoms with van der Waals surface area (Å²) in [5.41, 5.74) is 8.25. The Labute approximate surface area is 103 Å². The molecule has 0 aromatic heterocycles. The van der Waals surface area contributed by atoms with Crippen LogP contribution in [0.15, 0.2) is 48.0 Å². The fourth-order valence-corrected chi connectivity index (χ4v) is 2.44. The predicted octanol–water partition coefficient (Wildman–Crippen LogP) is 4.62. The zero-order valence-electron chi connectivity index (χ0n) is 10.3. The minimum Gasteiger partial charge on any atom is -0.0683 e. The molecule has 0 radical (unpaired) electrons. The van der Waals surface area contributed by atoms with E-state index in [0.29, 0.717) is 0 Å². The van der Waals surface area contributed by atoms with Gasteiger partial charge in [-0.05, 0) is 42.5 Å². The molecule has 0 saturated heterocycles. The molecule has 0 nitrogen and oxygen atoms in total. The van der Waals surface area contributed by atoms with Crippen LogP contribution in [-0.2, 0) is 6.42 Å². The highest BCUT2D eigenvalue weighted by molar-refractivity contribution is 5.71. The molecule has 0 fully saturated rings. The van der Waals surface area contributed by atoms with E-state index in [1.807, 2.05) is 0 Å². The molecule has 0 N–H and O–H groups in total. The highest BCUT2D eigenvalue weighted by Crippen LogP contribution is 2.29. The fraction of sp³-hybridized carbons (Fsp3) is 0.176. The van der Waals surface area contributed by atoms with Crippen LogP contribution in [-0.4, -0.2) is 0 Å². The number of hydrogen-bond donors (Lipinski definition) is 0. The number of rotatable bonds is 1. The van der Waals surface area contributed by atoms with Gasteiger partial charge in [0.05, 0.1) is 0 Å². The lowest BCUT2D eigenvalue weighted by Crippen LogP contribution is -1.85. The minimum absolute atomic E-state index is 1.11. The second kappa shape index (κ2) is 3.89. The molecule has 2 aromatic rings. The molecule has 0 amide bonds. The highest BCUT2D eigenvalue weighted by Gasteiger charge is 2.10. The van der Waals surface area contributed by atoms with E-state index in [1.165, 1.54) is 33.4 Å². The van der Waals surface area contributed by atoms with Crippen LogP contribution in [0.5, 0.6) is 0 Å². The van der Waals surface area contributed by atoms with Gasteiger partial charge in [0.25, 0.3) is 0 Å². The molecule has 0 atom stereocenters. The van der Waals surface area contributed by atoms with E-state index in [4.69, 9.17) is 0 Å². The summed E-state index contributed by atoms with van der Waals surface area (Å²) in [6.45, 7) is 4.32. The quantitative estimate of drug-likeness (QED) is 0.657. The van der Waals surface area contributed by atoms with Crippen LogP contribution >= 0.6 is 0 Å². The summed E-state index contributed by atoms with van der Waals surface area (Å²) in [4.78, 5) is 0. The van der Waals surface area contributed by atoms with E-state index in [9.17, 15) is 0 Å². The van der Waals surface area contributed by atoms with Crippen molar-refractivity contribution in [2.75, 3.05) is 0 Å². The van der Waals surface area contributed by atoms with Crippen molar-refractivity contribution in [2.24, 2.45) is 0 Å². The Balaban J connectivity index is 2.02. The van der Waals surface area contributed by atoms with Gasteiger partial charge >= 0.3 is 0 Å². The molecule has 1 aliphatic carbocycles. The largest absolute Gasteiger partial charge is 0.0683 e. The summed E-state index contributed by atoms with van der Waals surface area (Å²) in [5, 5.41) is 0. The standard InChI is InChI=1S/C17H16/c1-12-3-5-14(6-4-12)16-8-7-15-9-13(2)10-17(15)11-16/h3-9,11H,10H2,1-2H3. The first-order chi connectivity index (χ1) is 8.22. The topological polar surface area (TPSA) is 0 Å². The number of benzene rings is 2. The van der Waals surface area contributed by atoms with Gasteiger partial charge in [0.15, 0.2) is 0 Å². The Morgan fingerprint density at radius 3 is 2.29 bits per heavy atom. The monoisotopic (exact) mass is 220 g/mol. The SMILES string of the molecule is CC1=Cc2ccc(-c3ccc(C)cc3)cc2C1. The van der Waals surface area contributed by atoms with Crippen molar-refractivity contribution in [3.63, 3.8) is 0 Å². The van der Waals surface area contributed by atoms with Gasteiger partial charge in [-0.1, -0.05) is 59.7 Å². The van der Waals surface area contributed by atoms with Crippen molar-refractivity contribution in [1.29, 1.82) is 0 Å². The molecular formula is C17H16. The first kappa shape index (κ1) is 10.3. The molecule has 84 valence electrons. The van der Waals surface area contributed by atoms with Crippen LogP contribution in [0.4, 0.5) is 0 Å². The lowest BCUT2D eigenvalue weighted by atomic mass is 9.99. The van der Waals surface area contributed by atoms with E-state index in [2.05, 4.69) is 62.4 Å². The van der Waals surface area contributed by atoms with Crippen LogP contribution in [0.1, 0.15) is 23.6 Å². The van der Waals surface area contributed by atoms with Crippen molar-refractivity contribution in [3.05, 3.63) is 64.7 Å². The van der Waals surface area contributed by atoms with Crippen molar-refractivity contribution < 1.29 is 0 Å². The van der Waals surface area contributed by atoms with E-state index in [0.717, 1.165) is 6.42 Å². The third-order valence-corrected chi connectivity index (χ3v) is 3.40. The van der Waals surface area contributed by atoms with Gasteiger partial charge in [-0.25, -0.2) is 0 Å². The molecule has 0 heterocycles. The summed E-state index contributed by atoms with van der Waals surface area (Å²) in [6.07, 6.45) is 3.39. The van der Waals surface area contributed by atoms with Crippen molar-refractivity contribution in [3.8, 4) is 11.1 Å². The number of aryl methyl sites for hydroxylation is 1. The Morgan fingerprint density at radius 2 is 1.53 bits per heavy atom. The maximum atomic E-state index is 2.33. The molecule has 0 aliphatic heterocycles. The zero-order chi connectivity index (χ0) is 11.8. The molecule has 0 bridgehead atoms. The third-order valence-electron chi connectivity index (χ3n) is 3.40. The van der Waals surface area contributed by atoms with Gasteiger partial charge in [0.1, 0.15) is 0 Å².